The van der Waals surface area contributed by atoms with Gasteiger partial charge in [0.1, 0.15) is 0 Å². The average Bonchev–Trinajstić information content (AvgIpc) is 2.38. The van der Waals surface area contributed by atoms with Crippen molar-refractivity contribution in [1.29, 1.82) is 0 Å². The SMILES string of the molecule is Cc1ccc2cc(NCCCCC(=O)O)ccc2c1. The van der Waals surface area contributed by atoms with E-state index in [1.807, 2.05) is 0 Å². The number of rotatable bonds is 6. The second kappa shape index (κ2) is 6.23. The Kier molecular flexibility index (Phi) is 4.39. The fourth-order valence-corrected chi connectivity index (χ4v) is 2.11. The third-order valence-corrected chi connectivity index (χ3v) is 3.14. The minimum absolute atomic E-state index is 0.249. The zero-order chi connectivity index (χ0) is 13.7. The number of anilines is 1. The fraction of sp³-hybridized carbons (Fsp3) is 0.312. The molecule has 2 N–H and O–H groups in total. The summed E-state index contributed by atoms with van der Waals surface area (Å²) in [4.78, 5) is 10.4. The summed E-state index contributed by atoms with van der Waals surface area (Å²) in [5.41, 5.74) is 2.36. The van der Waals surface area contributed by atoms with E-state index in [0.717, 1.165) is 25.1 Å². The van der Waals surface area contributed by atoms with E-state index >= 15 is 0 Å². The first kappa shape index (κ1) is 13.4. The Morgan fingerprint density at radius 2 is 1.84 bits per heavy atom. The van der Waals surface area contributed by atoms with E-state index in [4.69, 9.17) is 5.11 Å². The van der Waals surface area contributed by atoms with Crippen LogP contribution in [0.15, 0.2) is 36.4 Å². The number of hydrogen-bond donors (Lipinski definition) is 2. The van der Waals surface area contributed by atoms with Crippen molar-refractivity contribution >= 4 is 22.4 Å². The highest BCUT2D eigenvalue weighted by Gasteiger charge is 1.98. The molecular weight excluding hydrogens is 238 g/mol. The smallest absolute Gasteiger partial charge is 0.303 e. The third-order valence-electron chi connectivity index (χ3n) is 3.14. The van der Waals surface area contributed by atoms with Crippen LogP contribution in [0, 0.1) is 6.92 Å². The molecule has 3 heteroatoms. The lowest BCUT2D eigenvalue weighted by molar-refractivity contribution is -0.137. The predicted molar refractivity (Wildman–Crippen MR) is 78.7 cm³/mol. The van der Waals surface area contributed by atoms with Gasteiger partial charge in [0.05, 0.1) is 0 Å². The van der Waals surface area contributed by atoms with Crippen molar-refractivity contribution in [3.05, 3.63) is 42.0 Å². The summed E-state index contributed by atoms with van der Waals surface area (Å²) in [6, 6.07) is 12.7. The molecule has 0 spiro atoms. The molecule has 0 heterocycles. The van der Waals surface area contributed by atoms with E-state index in [9.17, 15) is 4.79 Å². The summed E-state index contributed by atoms with van der Waals surface area (Å²) >= 11 is 0. The van der Waals surface area contributed by atoms with Crippen LogP contribution in [0.1, 0.15) is 24.8 Å². The first-order chi connectivity index (χ1) is 9.15. The van der Waals surface area contributed by atoms with Gasteiger partial charge in [0.25, 0.3) is 0 Å². The first-order valence-corrected chi connectivity index (χ1v) is 6.61. The largest absolute Gasteiger partial charge is 0.481 e. The van der Waals surface area contributed by atoms with Gasteiger partial charge < -0.3 is 10.4 Å². The number of benzene rings is 2. The second-order valence-corrected chi connectivity index (χ2v) is 4.84. The van der Waals surface area contributed by atoms with Crippen molar-refractivity contribution in [2.24, 2.45) is 0 Å². The lowest BCUT2D eigenvalue weighted by atomic mass is 10.1. The highest BCUT2D eigenvalue weighted by atomic mass is 16.4. The fourth-order valence-electron chi connectivity index (χ4n) is 2.11. The molecule has 0 radical (unpaired) electrons. The van der Waals surface area contributed by atoms with Gasteiger partial charge >= 0.3 is 5.97 Å². The number of aliphatic carboxylic acids is 1. The molecule has 0 fully saturated rings. The molecule has 0 aliphatic heterocycles. The summed E-state index contributed by atoms with van der Waals surface area (Å²) in [7, 11) is 0. The third kappa shape index (κ3) is 3.98. The number of fused-ring (bicyclic) bond motifs is 1. The van der Waals surface area contributed by atoms with Crippen LogP contribution in [-0.4, -0.2) is 17.6 Å². The highest BCUT2D eigenvalue weighted by molar-refractivity contribution is 5.86. The molecule has 0 aliphatic carbocycles. The molecule has 100 valence electrons. The lowest BCUT2D eigenvalue weighted by Crippen LogP contribution is -2.03. The molecule has 0 saturated heterocycles. The highest BCUT2D eigenvalue weighted by Crippen LogP contribution is 2.20. The van der Waals surface area contributed by atoms with Gasteiger partial charge in [-0.1, -0.05) is 29.8 Å². The number of hydrogen-bond acceptors (Lipinski definition) is 2. The maximum Gasteiger partial charge on any atom is 0.303 e. The molecular formula is C16H19NO2. The number of carbonyl (C=O) groups is 1. The van der Waals surface area contributed by atoms with Crippen molar-refractivity contribution in [2.45, 2.75) is 26.2 Å². The van der Waals surface area contributed by atoms with E-state index in [-0.39, 0.29) is 6.42 Å². The van der Waals surface area contributed by atoms with Gasteiger partial charge in [-0.15, -0.1) is 0 Å². The Hall–Kier alpha value is -2.03. The number of aryl methyl sites for hydroxylation is 1. The van der Waals surface area contributed by atoms with Gasteiger partial charge in [-0.25, -0.2) is 0 Å². The van der Waals surface area contributed by atoms with Crippen molar-refractivity contribution in [3.63, 3.8) is 0 Å². The second-order valence-electron chi connectivity index (χ2n) is 4.84. The van der Waals surface area contributed by atoms with Crippen LogP contribution in [0.4, 0.5) is 5.69 Å². The Labute approximate surface area is 113 Å². The van der Waals surface area contributed by atoms with Gasteiger partial charge in [0.2, 0.25) is 0 Å². The summed E-state index contributed by atoms with van der Waals surface area (Å²) in [5, 5.41) is 14.4. The molecule has 0 atom stereocenters. The molecule has 0 saturated carbocycles. The van der Waals surface area contributed by atoms with E-state index in [2.05, 4.69) is 48.6 Å². The Morgan fingerprint density at radius 1 is 1.11 bits per heavy atom. The van der Waals surface area contributed by atoms with Crippen LogP contribution in [-0.2, 0) is 4.79 Å². The average molecular weight is 257 g/mol. The number of carboxylic acids is 1. The first-order valence-electron chi connectivity index (χ1n) is 6.61. The number of unbranched alkanes of at least 4 members (excludes halogenated alkanes) is 1. The Balaban J connectivity index is 1.91. The predicted octanol–water partition coefficient (Wildman–Crippen LogP) is 3.82. The Bertz CT molecular complexity index is 578. The molecule has 0 aliphatic rings. The van der Waals surface area contributed by atoms with Crippen molar-refractivity contribution in [1.82, 2.24) is 0 Å². The van der Waals surface area contributed by atoms with Crippen LogP contribution >= 0.6 is 0 Å². The van der Waals surface area contributed by atoms with Crippen LogP contribution in [0.25, 0.3) is 10.8 Å². The summed E-state index contributed by atoms with van der Waals surface area (Å²) in [6.45, 7) is 2.90. The molecule has 3 nitrogen and oxygen atoms in total. The molecule has 0 bridgehead atoms. The molecule has 2 rings (SSSR count). The monoisotopic (exact) mass is 257 g/mol. The van der Waals surface area contributed by atoms with Crippen LogP contribution < -0.4 is 5.32 Å². The van der Waals surface area contributed by atoms with E-state index in [1.165, 1.54) is 16.3 Å². The normalized spacial score (nSPS) is 10.6. The van der Waals surface area contributed by atoms with Gasteiger partial charge in [0, 0.05) is 18.7 Å². The molecule has 2 aromatic carbocycles. The van der Waals surface area contributed by atoms with Gasteiger partial charge in [-0.05, 0) is 42.7 Å². The summed E-state index contributed by atoms with van der Waals surface area (Å²) < 4.78 is 0. The van der Waals surface area contributed by atoms with Gasteiger partial charge in [-0.3, -0.25) is 4.79 Å². The van der Waals surface area contributed by atoms with Gasteiger partial charge in [-0.2, -0.15) is 0 Å². The summed E-state index contributed by atoms with van der Waals surface area (Å²) in [6.07, 6.45) is 1.84. The zero-order valence-corrected chi connectivity index (χ0v) is 11.1. The summed E-state index contributed by atoms with van der Waals surface area (Å²) in [5.74, 6) is -0.721. The van der Waals surface area contributed by atoms with E-state index in [1.54, 1.807) is 0 Å². The van der Waals surface area contributed by atoms with Crippen molar-refractivity contribution < 1.29 is 9.90 Å². The quantitative estimate of drug-likeness (QED) is 0.773. The Morgan fingerprint density at radius 3 is 2.63 bits per heavy atom. The lowest BCUT2D eigenvalue weighted by Gasteiger charge is -2.07. The minimum atomic E-state index is -0.721. The van der Waals surface area contributed by atoms with E-state index < -0.39 is 5.97 Å². The van der Waals surface area contributed by atoms with Crippen molar-refractivity contribution in [2.75, 3.05) is 11.9 Å². The molecule has 0 unspecified atom stereocenters. The molecule has 2 aromatic rings. The molecule has 0 amide bonds. The van der Waals surface area contributed by atoms with Crippen molar-refractivity contribution in [3.8, 4) is 0 Å². The minimum Gasteiger partial charge on any atom is -0.481 e. The number of nitrogens with one attached hydrogen (secondary N) is 1. The standard InChI is InChI=1S/C16H19NO2/c1-12-5-6-14-11-15(8-7-13(14)10-12)17-9-3-2-4-16(18)19/h5-8,10-11,17H,2-4,9H2,1H3,(H,18,19). The maximum atomic E-state index is 10.4. The number of carboxylic acid groups (broad SMARTS) is 1. The van der Waals surface area contributed by atoms with Gasteiger partial charge in [0.15, 0.2) is 0 Å². The zero-order valence-electron chi connectivity index (χ0n) is 11.1. The van der Waals surface area contributed by atoms with Crippen LogP contribution in [0.3, 0.4) is 0 Å². The molecule has 19 heavy (non-hydrogen) atoms. The topological polar surface area (TPSA) is 49.3 Å². The van der Waals surface area contributed by atoms with E-state index in [0.29, 0.717) is 0 Å². The van der Waals surface area contributed by atoms with Crippen LogP contribution in [0.2, 0.25) is 0 Å². The van der Waals surface area contributed by atoms with Crippen LogP contribution in [0.5, 0.6) is 0 Å². The molecule has 0 aromatic heterocycles. The maximum absolute atomic E-state index is 10.4.